The molecule has 6 nitrogen and oxygen atoms in total. The molecule has 0 aromatic heterocycles. The zero-order chi connectivity index (χ0) is 13.8. The number of nitrogens with one attached hydrogen (secondary N) is 2. The van der Waals surface area contributed by atoms with Crippen LogP contribution in [0.2, 0.25) is 0 Å². The second-order valence-electron chi connectivity index (χ2n) is 4.48. The predicted molar refractivity (Wildman–Crippen MR) is 70.7 cm³/mol. The minimum absolute atomic E-state index is 0.0184. The molecule has 0 radical (unpaired) electrons. The number of hydrogen-bond donors (Lipinski definition) is 2. The van der Waals surface area contributed by atoms with Crippen LogP contribution < -0.4 is 10.6 Å². The molecule has 1 saturated heterocycles. The lowest BCUT2D eigenvalue weighted by Gasteiger charge is -2.09. The number of para-hydroxylation sites is 1. The van der Waals surface area contributed by atoms with Crippen molar-refractivity contribution >= 4 is 23.6 Å². The second-order valence-corrected chi connectivity index (χ2v) is 4.48. The topological polar surface area (TPSA) is 79.8 Å². The van der Waals surface area contributed by atoms with Crippen molar-refractivity contribution in [3.63, 3.8) is 0 Å². The molecule has 1 aliphatic rings. The molecular weight excluding hydrogens is 246 g/mol. The minimum atomic E-state index is -0.594. The third kappa shape index (κ3) is 3.31. The van der Waals surface area contributed by atoms with Gasteiger partial charge >= 0.3 is 12.1 Å². The molecule has 3 amide bonds. The van der Waals surface area contributed by atoms with Crippen molar-refractivity contribution in [3.05, 3.63) is 30.3 Å². The summed E-state index contributed by atoms with van der Waals surface area (Å²) in [4.78, 5) is 26.8. The van der Waals surface area contributed by atoms with E-state index < -0.39 is 12.1 Å². The Bertz CT molecular complexity index is 511. The average molecular weight is 261 g/mol. The summed E-state index contributed by atoms with van der Waals surface area (Å²) in [6.07, 6.45) is -0.594. The molecule has 1 aromatic carbocycles. The van der Waals surface area contributed by atoms with Crippen LogP contribution in [0.25, 0.3) is 0 Å². The van der Waals surface area contributed by atoms with Gasteiger partial charge in [-0.15, -0.1) is 4.99 Å². The van der Waals surface area contributed by atoms with Gasteiger partial charge < -0.3 is 10.1 Å². The van der Waals surface area contributed by atoms with Crippen LogP contribution in [-0.2, 0) is 9.53 Å². The molecule has 0 spiro atoms. The maximum Gasteiger partial charge on any atom is 0.349 e. The molecule has 100 valence electrons. The first-order valence-electron chi connectivity index (χ1n) is 5.98. The van der Waals surface area contributed by atoms with E-state index in [1.165, 1.54) is 0 Å². The van der Waals surface area contributed by atoms with Gasteiger partial charge in [0.2, 0.25) is 0 Å². The van der Waals surface area contributed by atoms with E-state index in [1.54, 1.807) is 24.3 Å². The zero-order valence-corrected chi connectivity index (χ0v) is 10.7. The Labute approximate surface area is 110 Å². The number of benzene rings is 1. The molecule has 19 heavy (non-hydrogen) atoms. The van der Waals surface area contributed by atoms with Crippen LogP contribution in [0.4, 0.5) is 10.5 Å². The van der Waals surface area contributed by atoms with E-state index in [0.717, 1.165) is 0 Å². The van der Waals surface area contributed by atoms with Gasteiger partial charge in [0.15, 0.2) is 6.10 Å². The smallest absolute Gasteiger partial charge is 0.349 e. The summed E-state index contributed by atoms with van der Waals surface area (Å²) >= 11 is 0. The summed E-state index contributed by atoms with van der Waals surface area (Å²) in [5, 5.41) is 5.00. The third-order valence-corrected chi connectivity index (χ3v) is 2.56. The first-order valence-corrected chi connectivity index (χ1v) is 5.98. The van der Waals surface area contributed by atoms with Gasteiger partial charge in [-0.25, -0.2) is 4.79 Å². The number of amides is 3. The molecule has 2 rings (SSSR count). The van der Waals surface area contributed by atoms with Crippen molar-refractivity contribution in [2.45, 2.75) is 20.0 Å². The van der Waals surface area contributed by atoms with Gasteiger partial charge in [0, 0.05) is 5.69 Å². The van der Waals surface area contributed by atoms with E-state index in [1.807, 2.05) is 19.9 Å². The van der Waals surface area contributed by atoms with E-state index in [0.29, 0.717) is 5.69 Å². The summed E-state index contributed by atoms with van der Waals surface area (Å²) in [5.41, 5.74) is 0.626. The Kier molecular flexibility index (Phi) is 3.79. The Balaban J connectivity index is 1.99. The first kappa shape index (κ1) is 13.1. The number of anilines is 1. The lowest BCUT2D eigenvalue weighted by molar-refractivity contribution is -0.124. The van der Waals surface area contributed by atoms with Crippen LogP contribution in [0.15, 0.2) is 35.3 Å². The van der Waals surface area contributed by atoms with E-state index in [9.17, 15) is 9.59 Å². The summed E-state index contributed by atoms with van der Waals surface area (Å²) < 4.78 is 5.27. The molecule has 0 saturated carbocycles. The molecule has 1 heterocycles. The molecule has 2 N–H and O–H groups in total. The van der Waals surface area contributed by atoms with Crippen molar-refractivity contribution in [1.29, 1.82) is 0 Å². The summed E-state index contributed by atoms with van der Waals surface area (Å²) in [6, 6.07) is 8.26. The first-order chi connectivity index (χ1) is 9.06. The molecule has 6 heteroatoms. The Hall–Kier alpha value is -2.37. The van der Waals surface area contributed by atoms with E-state index in [4.69, 9.17) is 4.74 Å². The van der Waals surface area contributed by atoms with Crippen molar-refractivity contribution in [3.8, 4) is 0 Å². The molecule has 1 fully saturated rings. The highest BCUT2D eigenvalue weighted by atomic mass is 16.5. The normalized spacial score (nSPS) is 20.3. The van der Waals surface area contributed by atoms with Crippen LogP contribution in [0.5, 0.6) is 0 Å². The number of nitrogens with zero attached hydrogens (tertiary/aromatic N) is 1. The predicted octanol–water partition coefficient (Wildman–Crippen LogP) is 1.75. The standard InChI is InChI=1S/C13H15N3O3/c1-8(2)10-11(17)15-13(19-10)16-12(18)14-9-6-4-3-5-7-9/h3-8,10H,1-2H3,(H2,14,15,16,17,18). The van der Waals surface area contributed by atoms with Gasteiger partial charge in [-0.2, -0.15) is 0 Å². The molecule has 1 aromatic rings. The lowest BCUT2D eigenvalue weighted by atomic mass is 10.1. The number of amidine groups is 1. The Morgan fingerprint density at radius 3 is 2.63 bits per heavy atom. The molecular formula is C13H15N3O3. The zero-order valence-electron chi connectivity index (χ0n) is 10.7. The van der Waals surface area contributed by atoms with Crippen LogP contribution >= 0.6 is 0 Å². The van der Waals surface area contributed by atoms with Gasteiger partial charge in [-0.3, -0.25) is 10.1 Å². The highest BCUT2D eigenvalue weighted by molar-refractivity contribution is 6.07. The number of carbonyl (C=O) groups is 2. The van der Waals surface area contributed by atoms with Crippen molar-refractivity contribution < 1.29 is 14.3 Å². The van der Waals surface area contributed by atoms with Crippen molar-refractivity contribution in [1.82, 2.24) is 5.32 Å². The third-order valence-electron chi connectivity index (χ3n) is 2.56. The number of rotatable bonds is 2. The monoisotopic (exact) mass is 261 g/mol. The van der Waals surface area contributed by atoms with Gasteiger partial charge in [-0.1, -0.05) is 32.0 Å². The number of hydrogen-bond acceptors (Lipinski definition) is 3. The number of urea groups is 1. The Morgan fingerprint density at radius 1 is 1.37 bits per heavy atom. The quantitative estimate of drug-likeness (QED) is 0.851. The van der Waals surface area contributed by atoms with Gasteiger partial charge in [-0.05, 0) is 18.1 Å². The average Bonchev–Trinajstić information content (AvgIpc) is 2.71. The maximum atomic E-state index is 11.6. The van der Waals surface area contributed by atoms with Crippen LogP contribution in [0, 0.1) is 5.92 Å². The fourth-order valence-corrected chi connectivity index (χ4v) is 1.64. The highest BCUT2D eigenvalue weighted by Gasteiger charge is 2.33. The molecule has 0 bridgehead atoms. The lowest BCUT2D eigenvalue weighted by Crippen LogP contribution is -2.28. The number of carbonyl (C=O) groups excluding carboxylic acids is 2. The largest absolute Gasteiger partial charge is 0.451 e. The second kappa shape index (κ2) is 5.51. The Morgan fingerprint density at radius 2 is 2.05 bits per heavy atom. The van der Waals surface area contributed by atoms with Gasteiger partial charge in [0.05, 0.1) is 0 Å². The van der Waals surface area contributed by atoms with E-state index >= 15 is 0 Å². The molecule has 1 aliphatic heterocycles. The molecule has 1 atom stereocenters. The summed E-state index contributed by atoms with van der Waals surface area (Å²) in [5.74, 6) is -0.258. The van der Waals surface area contributed by atoms with Crippen LogP contribution in [0.3, 0.4) is 0 Å². The molecule has 1 unspecified atom stereocenters. The van der Waals surface area contributed by atoms with Crippen LogP contribution in [-0.4, -0.2) is 24.1 Å². The maximum absolute atomic E-state index is 11.6. The summed E-state index contributed by atoms with van der Waals surface area (Å²) in [6.45, 7) is 3.72. The van der Waals surface area contributed by atoms with Gasteiger partial charge in [0.25, 0.3) is 5.91 Å². The minimum Gasteiger partial charge on any atom is -0.451 e. The number of ether oxygens (including phenoxy) is 1. The van der Waals surface area contributed by atoms with Crippen molar-refractivity contribution in [2.24, 2.45) is 10.9 Å². The highest BCUT2D eigenvalue weighted by Crippen LogP contribution is 2.12. The van der Waals surface area contributed by atoms with Crippen molar-refractivity contribution in [2.75, 3.05) is 5.32 Å². The van der Waals surface area contributed by atoms with Gasteiger partial charge in [0.1, 0.15) is 0 Å². The summed E-state index contributed by atoms with van der Waals surface area (Å²) in [7, 11) is 0. The van der Waals surface area contributed by atoms with E-state index in [2.05, 4.69) is 15.6 Å². The number of aliphatic imine (C=N–C) groups is 1. The molecule has 0 aliphatic carbocycles. The fourth-order valence-electron chi connectivity index (χ4n) is 1.64. The SMILES string of the molecule is CC(C)C1O/C(=N\C(=O)Nc2ccccc2)NC1=O. The van der Waals surface area contributed by atoms with E-state index in [-0.39, 0.29) is 17.8 Å². The van der Waals surface area contributed by atoms with Crippen LogP contribution in [0.1, 0.15) is 13.8 Å². The fraction of sp³-hybridized carbons (Fsp3) is 0.308.